The van der Waals surface area contributed by atoms with E-state index in [2.05, 4.69) is 28.2 Å². The van der Waals surface area contributed by atoms with Crippen LogP contribution in [0.4, 0.5) is 4.39 Å². The van der Waals surface area contributed by atoms with E-state index in [9.17, 15) is 9.18 Å². The van der Waals surface area contributed by atoms with Crippen molar-refractivity contribution in [1.29, 1.82) is 0 Å². The summed E-state index contributed by atoms with van der Waals surface area (Å²) in [6.07, 6.45) is 0.889. The van der Waals surface area contributed by atoms with Gasteiger partial charge in [0.05, 0.1) is 5.56 Å². The van der Waals surface area contributed by atoms with Gasteiger partial charge < -0.3 is 5.32 Å². The first-order valence-electron chi connectivity index (χ1n) is 5.88. The summed E-state index contributed by atoms with van der Waals surface area (Å²) in [5, 5.41) is 2.81. The Hall–Kier alpha value is -0.550. The molecular weight excluding hydrogens is 317 g/mol. The number of benzene rings is 1. The first kappa shape index (κ1) is 15.5. The fraction of sp³-hybridized carbons (Fsp3) is 0.462. The molecule has 0 fully saturated rings. The number of thioether (sulfide) groups is 1. The van der Waals surface area contributed by atoms with Crippen molar-refractivity contribution in [1.82, 2.24) is 5.32 Å². The Morgan fingerprint density at radius 3 is 2.94 bits per heavy atom. The van der Waals surface area contributed by atoms with Crippen molar-refractivity contribution >= 4 is 33.6 Å². The minimum absolute atomic E-state index is 0.0509. The summed E-state index contributed by atoms with van der Waals surface area (Å²) >= 11 is 5.06. The molecule has 5 heteroatoms. The monoisotopic (exact) mass is 333 g/mol. The number of carbonyl (C=O) groups is 1. The van der Waals surface area contributed by atoms with Crippen molar-refractivity contribution in [3.05, 3.63) is 34.1 Å². The van der Waals surface area contributed by atoms with E-state index in [1.54, 1.807) is 6.07 Å². The first-order chi connectivity index (χ1) is 8.54. The van der Waals surface area contributed by atoms with E-state index < -0.39 is 5.82 Å². The lowest BCUT2D eigenvalue weighted by atomic mass is 10.1. The average molecular weight is 334 g/mol. The van der Waals surface area contributed by atoms with Crippen LogP contribution in [0.5, 0.6) is 0 Å². The van der Waals surface area contributed by atoms with Crippen LogP contribution in [-0.2, 0) is 0 Å². The highest BCUT2D eigenvalue weighted by Gasteiger charge is 2.14. The van der Waals surface area contributed by atoms with Crippen LogP contribution in [0.15, 0.2) is 22.7 Å². The second kappa shape index (κ2) is 7.79. The predicted octanol–water partition coefficient (Wildman–Crippen LogP) is 3.85. The molecular formula is C13H17BrFNOS. The maximum atomic E-state index is 13.5. The summed E-state index contributed by atoms with van der Waals surface area (Å²) in [5.74, 6) is 1.22. The van der Waals surface area contributed by atoms with Gasteiger partial charge in [-0.25, -0.2) is 4.39 Å². The second-order valence-electron chi connectivity index (χ2n) is 3.98. The summed E-state index contributed by atoms with van der Waals surface area (Å²) in [6, 6.07) is 4.41. The summed E-state index contributed by atoms with van der Waals surface area (Å²) in [6.45, 7) is 4.04. The Bertz CT molecular complexity index is 414. The summed E-state index contributed by atoms with van der Waals surface area (Å²) < 4.78 is 14.2. The van der Waals surface area contributed by atoms with E-state index >= 15 is 0 Å². The molecule has 0 heterocycles. The van der Waals surface area contributed by atoms with Gasteiger partial charge in [0.15, 0.2) is 0 Å². The van der Waals surface area contributed by atoms with Gasteiger partial charge in [-0.15, -0.1) is 0 Å². The third kappa shape index (κ3) is 4.98. The topological polar surface area (TPSA) is 29.1 Å². The lowest BCUT2D eigenvalue weighted by molar-refractivity contribution is 0.0935. The molecule has 1 amide bonds. The molecule has 2 nitrogen and oxygen atoms in total. The predicted molar refractivity (Wildman–Crippen MR) is 78.6 cm³/mol. The second-order valence-corrected chi connectivity index (χ2v) is 6.29. The molecule has 1 rings (SSSR count). The number of hydrogen-bond acceptors (Lipinski definition) is 2. The first-order valence-corrected chi connectivity index (χ1v) is 7.83. The fourth-order valence-corrected chi connectivity index (χ4v) is 2.62. The molecule has 0 aliphatic heterocycles. The van der Waals surface area contributed by atoms with Gasteiger partial charge in [-0.1, -0.05) is 22.9 Å². The lowest BCUT2D eigenvalue weighted by Crippen LogP contribution is -2.33. The summed E-state index contributed by atoms with van der Waals surface area (Å²) in [5.41, 5.74) is 0.0827. The minimum atomic E-state index is -0.495. The maximum Gasteiger partial charge on any atom is 0.254 e. The molecule has 0 bridgehead atoms. The van der Waals surface area contributed by atoms with E-state index in [0.29, 0.717) is 4.47 Å². The molecule has 1 unspecified atom stereocenters. The van der Waals surface area contributed by atoms with Crippen molar-refractivity contribution in [3.8, 4) is 0 Å². The van der Waals surface area contributed by atoms with Crippen molar-refractivity contribution in [2.45, 2.75) is 26.3 Å². The highest BCUT2D eigenvalue weighted by Crippen LogP contribution is 2.15. The van der Waals surface area contributed by atoms with Crippen LogP contribution < -0.4 is 5.32 Å². The van der Waals surface area contributed by atoms with Crippen molar-refractivity contribution in [3.63, 3.8) is 0 Å². The number of carbonyl (C=O) groups excluding carboxylic acids is 1. The summed E-state index contributed by atoms with van der Waals surface area (Å²) in [7, 11) is 0. The molecule has 0 saturated heterocycles. The Balaban J connectivity index is 2.56. The molecule has 0 aromatic heterocycles. The Labute approximate surface area is 120 Å². The standard InChI is InChI=1S/C13H17BrFNOS/c1-3-18-7-6-9(2)16-13(17)11-8-10(14)4-5-12(11)15/h4-5,8-9H,3,6-7H2,1-2H3,(H,16,17). The normalized spacial score (nSPS) is 12.2. The van der Waals surface area contributed by atoms with Crippen LogP contribution in [-0.4, -0.2) is 23.5 Å². The molecule has 0 saturated carbocycles. The van der Waals surface area contributed by atoms with Crippen LogP contribution >= 0.6 is 27.7 Å². The van der Waals surface area contributed by atoms with E-state index in [-0.39, 0.29) is 17.5 Å². The molecule has 0 aliphatic carbocycles. The quantitative estimate of drug-likeness (QED) is 0.801. The van der Waals surface area contributed by atoms with E-state index in [4.69, 9.17) is 0 Å². The van der Waals surface area contributed by atoms with E-state index in [0.717, 1.165) is 17.9 Å². The van der Waals surface area contributed by atoms with Gasteiger partial charge in [0.2, 0.25) is 0 Å². The van der Waals surface area contributed by atoms with Gasteiger partial charge in [-0.3, -0.25) is 4.79 Å². The molecule has 1 atom stereocenters. The van der Waals surface area contributed by atoms with Crippen LogP contribution in [0, 0.1) is 5.82 Å². The molecule has 1 N–H and O–H groups in total. The number of nitrogens with one attached hydrogen (secondary N) is 1. The van der Waals surface area contributed by atoms with Crippen LogP contribution in [0.3, 0.4) is 0 Å². The molecule has 0 spiro atoms. The molecule has 0 radical (unpaired) electrons. The molecule has 1 aromatic rings. The highest BCUT2D eigenvalue weighted by atomic mass is 79.9. The lowest BCUT2D eigenvalue weighted by Gasteiger charge is -2.14. The number of hydrogen-bond donors (Lipinski definition) is 1. The van der Waals surface area contributed by atoms with Gasteiger partial charge in [0, 0.05) is 10.5 Å². The zero-order valence-electron chi connectivity index (χ0n) is 10.5. The highest BCUT2D eigenvalue weighted by molar-refractivity contribution is 9.10. The third-order valence-corrected chi connectivity index (χ3v) is 3.88. The molecule has 1 aromatic carbocycles. The summed E-state index contributed by atoms with van der Waals surface area (Å²) in [4.78, 5) is 11.9. The van der Waals surface area contributed by atoms with Crippen molar-refractivity contribution < 1.29 is 9.18 Å². The fourth-order valence-electron chi connectivity index (χ4n) is 1.45. The van der Waals surface area contributed by atoms with Gasteiger partial charge in [0.1, 0.15) is 5.82 Å². The smallest absolute Gasteiger partial charge is 0.254 e. The Kier molecular flexibility index (Phi) is 6.71. The zero-order valence-corrected chi connectivity index (χ0v) is 12.9. The average Bonchev–Trinajstić information content (AvgIpc) is 2.32. The van der Waals surface area contributed by atoms with Gasteiger partial charge in [-0.05, 0) is 43.0 Å². The van der Waals surface area contributed by atoms with Crippen LogP contribution in [0.1, 0.15) is 30.6 Å². The Morgan fingerprint density at radius 2 is 2.28 bits per heavy atom. The van der Waals surface area contributed by atoms with Gasteiger partial charge >= 0.3 is 0 Å². The van der Waals surface area contributed by atoms with E-state index in [1.165, 1.54) is 12.1 Å². The molecule has 18 heavy (non-hydrogen) atoms. The maximum absolute atomic E-state index is 13.5. The number of amides is 1. The Morgan fingerprint density at radius 1 is 1.56 bits per heavy atom. The van der Waals surface area contributed by atoms with Crippen LogP contribution in [0.2, 0.25) is 0 Å². The van der Waals surface area contributed by atoms with Crippen LogP contribution in [0.25, 0.3) is 0 Å². The zero-order chi connectivity index (χ0) is 13.5. The SMILES string of the molecule is CCSCCC(C)NC(=O)c1cc(Br)ccc1F. The number of halogens is 2. The van der Waals surface area contributed by atoms with Gasteiger partial charge in [-0.2, -0.15) is 11.8 Å². The van der Waals surface area contributed by atoms with E-state index in [1.807, 2.05) is 18.7 Å². The largest absolute Gasteiger partial charge is 0.349 e. The third-order valence-electron chi connectivity index (χ3n) is 2.45. The van der Waals surface area contributed by atoms with Crippen molar-refractivity contribution in [2.24, 2.45) is 0 Å². The van der Waals surface area contributed by atoms with Gasteiger partial charge in [0.25, 0.3) is 5.91 Å². The number of rotatable bonds is 6. The van der Waals surface area contributed by atoms with Crippen molar-refractivity contribution in [2.75, 3.05) is 11.5 Å². The minimum Gasteiger partial charge on any atom is -0.349 e. The molecule has 100 valence electrons. The molecule has 0 aliphatic rings.